The zero-order valence-corrected chi connectivity index (χ0v) is 17.2. The average molecular weight is 428 g/mol. The van der Waals surface area contributed by atoms with Gasteiger partial charge in [0.25, 0.3) is 0 Å². The fraction of sp³-hybridized carbons (Fsp3) is 0.200. The van der Waals surface area contributed by atoms with Crippen LogP contribution < -0.4 is 5.73 Å². The van der Waals surface area contributed by atoms with Gasteiger partial charge < -0.3 is 15.1 Å². The molecule has 0 saturated carbocycles. The van der Waals surface area contributed by atoms with Crippen LogP contribution in [0.1, 0.15) is 22.6 Å². The second kappa shape index (κ2) is 9.45. The number of carbonyl (C=O) groups excluding carboxylic acids is 1. The van der Waals surface area contributed by atoms with Crippen LogP contribution in [0.3, 0.4) is 0 Å². The first-order chi connectivity index (χ1) is 14.0. The second-order valence-electron chi connectivity index (χ2n) is 6.26. The van der Waals surface area contributed by atoms with Gasteiger partial charge in [-0.1, -0.05) is 34.9 Å². The largest absolute Gasteiger partial charge is 0.406 e. The Bertz CT molecular complexity index is 1060. The number of rotatable bonds is 7. The summed E-state index contributed by atoms with van der Waals surface area (Å²) in [4.78, 5) is 15.4. The van der Waals surface area contributed by atoms with Gasteiger partial charge in [0.2, 0.25) is 11.8 Å². The number of aryl methyl sites for hydroxylation is 1. The van der Waals surface area contributed by atoms with Crippen molar-refractivity contribution in [3.05, 3.63) is 70.1 Å². The molecule has 0 saturated heterocycles. The molecule has 0 unspecified atom stereocenters. The molecule has 0 atom stereocenters. The van der Waals surface area contributed by atoms with Crippen molar-refractivity contribution in [2.75, 3.05) is 11.5 Å². The summed E-state index contributed by atoms with van der Waals surface area (Å²) in [7, 11) is 0. The summed E-state index contributed by atoms with van der Waals surface area (Å²) in [5.41, 5.74) is 7.92. The van der Waals surface area contributed by atoms with E-state index in [0.29, 0.717) is 17.1 Å². The molecule has 2 aromatic carbocycles. The minimum Gasteiger partial charge on any atom is -0.406 e. The molecule has 0 spiro atoms. The predicted molar refractivity (Wildman–Crippen MR) is 111 cm³/mol. The summed E-state index contributed by atoms with van der Waals surface area (Å²) in [6, 6.07) is 14.8. The molecule has 3 aromatic rings. The summed E-state index contributed by atoms with van der Waals surface area (Å²) >= 11 is 7.54. The first-order valence-corrected chi connectivity index (χ1v) is 10.0. The third-order valence-electron chi connectivity index (χ3n) is 4.18. The monoisotopic (exact) mass is 427 g/mol. The van der Waals surface area contributed by atoms with Gasteiger partial charge in [0, 0.05) is 11.4 Å². The number of nitrogens with two attached hydrogens (primary N) is 1. The van der Waals surface area contributed by atoms with Crippen molar-refractivity contribution in [2.24, 2.45) is 0 Å². The Morgan fingerprint density at radius 1 is 1.28 bits per heavy atom. The van der Waals surface area contributed by atoms with E-state index in [1.54, 1.807) is 23.1 Å². The number of nitrogens with zero attached hydrogens (tertiary/aromatic N) is 4. The number of anilines is 1. The number of nitrogen functional groups attached to an aromatic ring is 1. The van der Waals surface area contributed by atoms with Crippen molar-refractivity contribution in [3.63, 3.8) is 0 Å². The van der Waals surface area contributed by atoms with E-state index >= 15 is 0 Å². The van der Waals surface area contributed by atoms with Gasteiger partial charge in [-0.3, -0.25) is 4.79 Å². The molecule has 1 aromatic heterocycles. The van der Waals surface area contributed by atoms with Crippen LogP contribution in [-0.2, 0) is 17.9 Å². The number of thioether (sulfide) groups is 1. The van der Waals surface area contributed by atoms with E-state index in [1.165, 1.54) is 11.8 Å². The minimum absolute atomic E-state index is 0.0487. The van der Waals surface area contributed by atoms with E-state index in [4.69, 9.17) is 27.0 Å². The highest BCUT2D eigenvalue weighted by atomic mass is 35.5. The van der Waals surface area contributed by atoms with Crippen molar-refractivity contribution in [2.45, 2.75) is 24.9 Å². The first-order valence-electron chi connectivity index (χ1n) is 8.69. The Labute approximate surface area is 177 Å². The lowest BCUT2D eigenvalue weighted by Crippen LogP contribution is -2.32. The third-order valence-corrected chi connectivity index (χ3v) is 5.68. The van der Waals surface area contributed by atoms with Gasteiger partial charge in [-0.05, 0) is 42.3 Å². The molecule has 0 radical (unpaired) electrons. The molecule has 0 aliphatic rings. The summed E-state index contributed by atoms with van der Waals surface area (Å²) in [6.45, 7) is 2.37. The van der Waals surface area contributed by atoms with Crippen molar-refractivity contribution in [1.29, 1.82) is 5.26 Å². The molecule has 2 N–H and O–H groups in total. The van der Waals surface area contributed by atoms with E-state index in [9.17, 15) is 4.79 Å². The second-order valence-corrected chi connectivity index (χ2v) is 7.68. The van der Waals surface area contributed by atoms with E-state index in [1.807, 2.05) is 31.2 Å². The first kappa shape index (κ1) is 20.7. The van der Waals surface area contributed by atoms with E-state index < -0.39 is 0 Å². The molecule has 0 aliphatic heterocycles. The zero-order chi connectivity index (χ0) is 20.8. The lowest BCUT2D eigenvalue weighted by molar-refractivity contribution is -0.129. The highest BCUT2D eigenvalue weighted by Gasteiger charge is 2.19. The highest BCUT2D eigenvalue weighted by molar-refractivity contribution is 8.00. The van der Waals surface area contributed by atoms with Crippen LogP contribution in [0, 0.1) is 18.3 Å². The topological polar surface area (TPSA) is 109 Å². The number of halogens is 1. The maximum atomic E-state index is 13.0. The molecule has 7 nitrogen and oxygen atoms in total. The van der Waals surface area contributed by atoms with Gasteiger partial charge in [-0.25, -0.2) is 0 Å². The van der Waals surface area contributed by atoms with E-state index in [0.717, 1.165) is 16.0 Å². The Hall–Kier alpha value is -3.02. The maximum absolute atomic E-state index is 13.0. The van der Waals surface area contributed by atoms with Gasteiger partial charge >= 0.3 is 6.01 Å². The van der Waals surface area contributed by atoms with E-state index in [2.05, 4.69) is 16.3 Å². The Balaban J connectivity index is 1.77. The maximum Gasteiger partial charge on any atom is 0.312 e. The lowest BCUT2D eigenvalue weighted by atomic mass is 10.1. The molecule has 29 heavy (non-hydrogen) atoms. The van der Waals surface area contributed by atoms with Crippen molar-refractivity contribution >= 4 is 35.3 Å². The smallest absolute Gasteiger partial charge is 0.312 e. The molecule has 9 heteroatoms. The standard InChI is InChI=1S/C20H18ClN5O2S/c1-13-8-14(9-22)6-7-15(13)10-26(11-18-24-25-20(23)28-18)19(27)12-29-17-5-3-2-4-16(17)21/h2-8H,10-12H2,1H3,(H2,23,25). The minimum atomic E-state index is -0.115. The van der Waals surface area contributed by atoms with Gasteiger partial charge in [0.1, 0.15) is 0 Å². The van der Waals surface area contributed by atoms with Crippen LogP contribution in [0.2, 0.25) is 5.02 Å². The Morgan fingerprint density at radius 3 is 2.72 bits per heavy atom. The molecule has 1 amide bonds. The average Bonchev–Trinajstić information content (AvgIpc) is 3.12. The van der Waals surface area contributed by atoms with Crippen LogP contribution in [0.25, 0.3) is 0 Å². The number of carbonyl (C=O) groups is 1. The normalized spacial score (nSPS) is 10.5. The summed E-state index contributed by atoms with van der Waals surface area (Å²) < 4.78 is 5.24. The van der Waals surface area contributed by atoms with Crippen LogP contribution in [0.15, 0.2) is 51.8 Å². The Morgan fingerprint density at radius 2 is 2.07 bits per heavy atom. The van der Waals surface area contributed by atoms with Gasteiger partial charge in [-0.2, -0.15) is 5.26 Å². The van der Waals surface area contributed by atoms with Crippen LogP contribution in [0.5, 0.6) is 0 Å². The molecule has 148 valence electrons. The van der Waals surface area contributed by atoms with Gasteiger partial charge in [0.15, 0.2) is 0 Å². The highest BCUT2D eigenvalue weighted by Crippen LogP contribution is 2.27. The molecule has 0 fully saturated rings. The fourth-order valence-electron chi connectivity index (χ4n) is 2.67. The number of amides is 1. The van der Waals surface area contributed by atoms with Crippen LogP contribution in [0.4, 0.5) is 6.01 Å². The number of hydrogen-bond donors (Lipinski definition) is 1. The number of benzene rings is 2. The van der Waals surface area contributed by atoms with Crippen LogP contribution >= 0.6 is 23.4 Å². The third kappa shape index (κ3) is 5.50. The summed E-state index contributed by atoms with van der Waals surface area (Å²) in [6.07, 6.45) is 0. The van der Waals surface area contributed by atoms with E-state index in [-0.39, 0.29) is 30.1 Å². The summed E-state index contributed by atoms with van der Waals surface area (Å²) in [5.74, 6) is 0.336. The molecule has 0 aliphatic carbocycles. The molecule has 1 heterocycles. The fourth-order valence-corrected chi connectivity index (χ4v) is 3.81. The quantitative estimate of drug-likeness (QED) is 0.571. The number of hydrogen-bond acceptors (Lipinski definition) is 7. The predicted octanol–water partition coefficient (Wildman–Crippen LogP) is 3.81. The molecular formula is C20H18ClN5O2S. The molecule has 3 rings (SSSR count). The number of nitriles is 1. The SMILES string of the molecule is Cc1cc(C#N)ccc1CN(Cc1nnc(N)o1)C(=O)CSc1ccccc1Cl. The summed E-state index contributed by atoms with van der Waals surface area (Å²) in [5, 5.41) is 17.2. The molecular weight excluding hydrogens is 410 g/mol. The molecule has 0 bridgehead atoms. The van der Waals surface area contributed by atoms with Crippen molar-refractivity contribution in [1.82, 2.24) is 15.1 Å². The lowest BCUT2D eigenvalue weighted by Gasteiger charge is -2.22. The van der Waals surface area contributed by atoms with Gasteiger partial charge in [-0.15, -0.1) is 16.9 Å². The van der Waals surface area contributed by atoms with Crippen LogP contribution in [-0.4, -0.2) is 26.8 Å². The van der Waals surface area contributed by atoms with Gasteiger partial charge in [0.05, 0.1) is 29.0 Å². The zero-order valence-electron chi connectivity index (χ0n) is 15.6. The Kier molecular flexibility index (Phi) is 6.75. The van der Waals surface area contributed by atoms with Crippen molar-refractivity contribution < 1.29 is 9.21 Å². The van der Waals surface area contributed by atoms with Crippen molar-refractivity contribution in [3.8, 4) is 6.07 Å². The number of aromatic nitrogens is 2.